The van der Waals surface area contributed by atoms with E-state index in [2.05, 4.69) is 33.2 Å². The number of carbonyl (C=O) groups is 1. The van der Waals surface area contributed by atoms with Crippen LogP contribution in [0.15, 0.2) is 61.1 Å². The molecule has 1 aliphatic rings. The van der Waals surface area contributed by atoms with Crippen LogP contribution in [0.1, 0.15) is 41.8 Å². The molecule has 168 valence electrons. The average molecular weight is 480 g/mol. The summed E-state index contributed by atoms with van der Waals surface area (Å²) < 4.78 is 0. The van der Waals surface area contributed by atoms with Crippen LogP contribution in [0.2, 0.25) is 5.02 Å². The fraction of sp³-hybridized carbons (Fsp3) is 0.240. The van der Waals surface area contributed by atoms with Gasteiger partial charge in [0.05, 0.1) is 41.4 Å². The van der Waals surface area contributed by atoms with Crippen molar-refractivity contribution < 1.29 is 4.79 Å². The van der Waals surface area contributed by atoms with E-state index in [1.54, 1.807) is 31.6 Å². The van der Waals surface area contributed by atoms with Crippen LogP contribution >= 0.6 is 24.0 Å². The molecule has 0 spiro atoms. The molecule has 1 saturated heterocycles. The molecule has 2 heterocycles. The Hall–Kier alpha value is -3.45. The molecule has 0 saturated carbocycles. The first-order valence-corrected chi connectivity index (χ1v) is 10.7. The first-order chi connectivity index (χ1) is 15.6. The van der Waals surface area contributed by atoms with E-state index in [1.807, 2.05) is 41.3 Å². The first kappa shape index (κ1) is 24.2. The van der Waals surface area contributed by atoms with Gasteiger partial charge in [0.15, 0.2) is 0 Å². The Bertz CT molecular complexity index is 1210. The van der Waals surface area contributed by atoms with E-state index in [4.69, 9.17) is 16.9 Å². The third-order valence-corrected chi connectivity index (χ3v) is 6.07. The second-order valence-corrected chi connectivity index (χ2v) is 8.15. The van der Waals surface area contributed by atoms with Crippen molar-refractivity contribution in [1.82, 2.24) is 20.2 Å². The van der Waals surface area contributed by atoms with Gasteiger partial charge in [-0.1, -0.05) is 35.9 Å². The molecule has 0 radical (unpaired) electrons. The van der Waals surface area contributed by atoms with Crippen molar-refractivity contribution in [3.8, 4) is 17.9 Å². The largest absolute Gasteiger partial charge is 0.347 e. The zero-order valence-corrected chi connectivity index (χ0v) is 19.6. The number of carbonyl (C=O) groups excluding carboxylic acids is 1. The number of amides is 2. The summed E-state index contributed by atoms with van der Waals surface area (Å²) in [6.45, 7) is 2.21. The predicted octanol–water partition coefficient (Wildman–Crippen LogP) is 4.97. The van der Waals surface area contributed by atoms with Gasteiger partial charge in [0.25, 0.3) is 0 Å². The van der Waals surface area contributed by atoms with Crippen LogP contribution in [0.3, 0.4) is 0 Å². The summed E-state index contributed by atoms with van der Waals surface area (Å²) in [4.78, 5) is 22.6. The van der Waals surface area contributed by atoms with Gasteiger partial charge in [0.1, 0.15) is 0 Å². The Morgan fingerprint density at radius 1 is 1.27 bits per heavy atom. The number of halogens is 2. The Balaban J connectivity index is 0.00000306. The lowest BCUT2D eigenvalue weighted by atomic mass is 9.84. The highest BCUT2D eigenvalue weighted by atomic mass is 35.5. The molecule has 33 heavy (non-hydrogen) atoms. The van der Waals surface area contributed by atoms with E-state index in [9.17, 15) is 4.79 Å². The molecule has 2 atom stereocenters. The summed E-state index contributed by atoms with van der Waals surface area (Å²) in [7, 11) is 0. The monoisotopic (exact) mass is 479 g/mol. The molecule has 2 amide bonds. The molecule has 3 aromatic rings. The van der Waals surface area contributed by atoms with Crippen LogP contribution in [0.4, 0.5) is 4.79 Å². The molecule has 2 aromatic carbocycles. The third-order valence-electron chi connectivity index (χ3n) is 5.83. The number of rotatable bonds is 6. The van der Waals surface area contributed by atoms with Gasteiger partial charge in [-0.15, -0.1) is 24.2 Å². The molecule has 1 aliphatic heterocycles. The molecule has 0 bridgehead atoms. The minimum atomic E-state index is -0.701. The maximum absolute atomic E-state index is 13.3. The maximum Gasteiger partial charge on any atom is 0.318 e. The number of H-pyrrole nitrogens is 1. The van der Waals surface area contributed by atoms with E-state index < -0.39 is 5.54 Å². The van der Waals surface area contributed by atoms with Crippen molar-refractivity contribution in [3.63, 3.8) is 0 Å². The molecule has 1 fully saturated rings. The van der Waals surface area contributed by atoms with Crippen molar-refractivity contribution in [2.75, 3.05) is 6.54 Å². The molecule has 2 N–H and O–H groups in total. The summed E-state index contributed by atoms with van der Waals surface area (Å²) in [6.07, 6.45) is 4.36. The van der Waals surface area contributed by atoms with Crippen molar-refractivity contribution >= 4 is 30.0 Å². The van der Waals surface area contributed by atoms with Gasteiger partial charge in [-0.25, -0.2) is 9.78 Å². The Morgan fingerprint density at radius 2 is 2.06 bits per heavy atom. The summed E-state index contributed by atoms with van der Waals surface area (Å²) >= 11 is 6.34. The molecular weight excluding hydrogens is 457 g/mol. The number of nitriles is 1. The molecule has 4 rings (SSSR count). The second-order valence-electron chi connectivity index (χ2n) is 7.71. The number of hydrogen-bond acceptors (Lipinski definition) is 3. The molecule has 0 aliphatic carbocycles. The van der Waals surface area contributed by atoms with Gasteiger partial charge >= 0.3 is 6.03 Å². The summed E-state index contributed by atoms with van der Waals surface area (Å²) in [5.74, 6) is 6.17. The highest BCUT2D eigenvalue weighted by Crippen LogP contribution is 2.42. The third kappa shape index (κ3) is 4.83. The lowest BCUT2D eigenvalue weighted by Crippen LogP contribution is -2.47. The zero-order chi connectivity index (χ0) is 22.6. The predicted molar refractivity (Wildman–Crippen MR) is 130 cm³/mol. The van der Waals surface area contributed by atoms with E-state index in [0.29, 0.717) is 30.0 Å². The Morgan fingerprint density at radius 3 is 2.70 bits per heavy atom. The van der Waals surface area contributed by atoms with E-state index in [-0.39, 0.29) is 24.5 Å². The molecule has 8 heteroatoms. The topological polar surface area (TPSA) is 84.8 Å². The van der Waals surface area contributed by atoms with Crippen molar-refractivity contribution in [1.29, 1.82) is 5.26 Å². The maximum atomic E-state index is 13.3. The summed E-state index contributed by atoms with van der Waals surface area (Å²) in [5, 5.41) is 12.8. The highest BCUT2D eigenvalue weighted by Gasteiger charge is 2.50. The lowest BCUT2D eigenvalue weighted by Gasteiger charge is -2.41. The fourth-order valence-electron chi connectivity index (χ4n) is 4.26. The standard InChI is InChI=1S/C25H22ClN5O.ClH/c1-2-3-11-25(20-5-4-6-21(26)13-20)16-29-24(32)31(25)23(22-15-28-17-30-22)12-18-7-9-19(14-27)10-8-18;/h4-10,13,15,17,23H,11-12,16H2,1H3,(H,28,30)(H,29,32);1H. The molecule has 1 aromatic heterocycles. The van der Waals surface area contributed by atoms with Gasteiger partial charge in [-0.3, -0.25) is 0 Å². The smallest absolute Gasteiger partial charge is 0.318 e. The molecule has 2 unspecified atom stereocenters. The van der Waals surface area contributed by atoms with Gasteiger partial charge in [-0.05, 0) is 48.7 Å². The molecule has 6 nitrogen and oxygen atoms in total. The van der Waals surface area contributed by atoms with Gasteiger partial charge in [0.2, 0.25) is 0 Å². The van der Waals surface area contributed by atoms with Gasteiger partial charge in [-0.2, -0.15) is 5.26 Å². The van der Waals surface area contributed by atoms with Crippen molar-refractivity contribution in [2.24, 2.45) is 0 Å². The van der Waals surface area contributed by atoms with Gasteiger partial charge in [0, 0.05) is 18.0 Å². The average Bonchev–Trinajstić information content (AvgIpc) is 3.46. The number of nitrogens with zero attached hydrogens (tertiary/aromatic N) is 3. The second kappa shape index (κ2) is 10.4. The van der Waals surface area contributed by atoms with E-state index in [1.165, 1.54) is 0 Å². The van der Waals surface area contributed by atoms with Crippen LogP contribution in [0.25, 0.3) is 0 Å². The van der Waals surface area contributed by atoms with Crippen LogP contribution in [-0.4, -0.2) is 27.4 Å². The highest BCUT2D eigenvalue weighted by molar-refractivity contribution is 6.30. The van der Waals surface area contributed by atoms with Crippen LogP contribution < -0.4 is 5.32 Å². The van der Waals surface area contributed by atoms with E-state index in [0.717, 1.165) is 16.8 Å². The summed E-state index contributed by atoms with van der Waals surface area (Å²) in [5.41, 5.74) is 2.65. The van der Waals surface area contributed by atoms with E-state index >= 15 is 0 Å². The number of nitrogens with one attached hydrogen (secondary N) is 2. The van der Waals surface area contributed by atoms with Gasteiger partial charge < -0.3 is 15.2 Å². The lowest BCUT2D eigenvalue weighted by molar-refractivity contribution is 0.114. The van der Waals surface area contributed by atoms with Crippen LogP contribution in [0.5, 0.6) is 0 Å². The van der Waals surface area contributed by atoms with Crippen molar-refractivity contribution in [2.45, 2.75) is 31.3 Å². The minimum Gasteiger partial charge on any atom is -0.347 e. The van der Waals surface area contributed by atoms with Crippen LogP contribution in [-0.2, 0) is 12.0 Å². The zero-order valence-electron chi connectivity index (χ0n) is 18.0. The Kier molecular flexibility index (Phi) is 7.66. The first-order valence-electron chi connectivity index (χ1n) is 10.3. The number of urea groups is 1. The number of aromatic nitrogens is 2. The quantitative estimate of drug-likeness (QED) is 0.489. The number of imidazole rings is 1. The number of benzene rings is 2. The molecular formula is C25H23Cl2N5O. The van der Waals surface area contributed by atoms with Crippen molar-refractivity contribution in [3.05, 3.63) is 88.5 Å². The Labute approximate surface area is 204 Å². The normalized spacial score (nSPS) is 17.8. The number of aromatic amines is 1. The minimum absolute atomic E-state index is 0. The summed E-state index contributed by atoms with van der Waals surface area (Å²) in [6, 6.07) is 16.7. The SMILES string of the molecule is CC#CCC1(c2cccc(Cl)c2)CNC(=O)N1C(Cc1ccc(C#N)cc1)c1cnc[nH]1.Cl. The fourth-order valence-corrected chi connectivity index (χ4v) is 4.45. The number of hydrogen-bond donors (Lipinski definition) is 2. The van der Waals surface area contributed by atoms with Crippen LogP contribution in [0, 0.1) is 23.2 Å².